The van der Waals surface area contributed by atoms with Crippen molar-refractivity contribution in [2.24, 2.45) is 5.11 Å². The van der Waals surface area contributed by atoms with Gasteiger partial charge in [0, 0.05) is 18.4 Å². The molecular formula is C12H23N3O6. The lowest BCUT2D eigenvalue weighted by molar-refractivity contribution is -0.142. The zero-order valence-electron chi connectivity index (χ0n) is 12.4. The van der Waals surface area contributed by atoms with Crippen molar-refractivity contribution in [1.29, 1.82) is 0 Å². The van der Waals surface area contributed by atoms with Crippen LogP contribution in [0.4, 0.5) is 0 Å². The van der Waals surface area contributed by atoms with Gasteiger partial charge in [0.25, 0.3) is 0 Å². The molecule has 0 aliphatic heterocycles. The van der Waals surface area contributed by atoms with Gasteiger partial charge in [-0.25, -0.2) is 0 Å². The van der Waals surface area contributed by atoms with Crippen LogP contribution in [-0.2, 0) is 28.5 Å². The molecule has 0 unspecified atom stereocenters. The normalized spacial score (nSPS) is 10.1. The predicted molar refractivity (Wildman–Crippen MR) is 73.9 cm³/mol. The maximum Gasteiger partial charge on any atom is 0.302 e. The van der Waals surface area contributed by atoms with E-state index in [0.717, 1.165) is 0 Å². The van der Waals surface area contributed by atoms with Crippen molar-refractivity contribution in [3.05, 3.63) is 10.4 Å². The van der Waals surface area contributed by atoms with Crippen molar-refractivity contribution in [2.45, 2.75) is 6.92 Å². The molecule has 9 nitrogen and oxygen atoms in total. The molecule has 0 spiro atoms. The van der Waals surface area contributed by atoms with Crippen molar-refractivity contribution in [3.8, 4) is 0 Å². The largest absolute Gasteiger partial charge is 0.463 e. The highest BCUT2D eigenvalue weighted by molar-refractivity contribution is 5.65. The van der Waals surface area contributed by atoms with Crippen LogP contribution < -0.4 is 0 Å². The van der Waals surface area contributed by atoms with Crippen LogP contribution in [0, 0.1) is 0 Å². The second-order valence-corrected chi connectivity index (χ2v) is 3.74. The fraction of sp³-hybridized carbons (Fsp3) is 0.917. The minimum Gasteiger partial charge on any atom is -0.463 e. The Bertz CT molecular complexity index is 283. The summed E-state index contributed by atoms with van der Waals surface area (Å²) >= 11 is 0. The van der Waals surface area contributed by atoms with Gasteiger partial charge < -0.3 is 23.7 Å². The Morgan fingerprint density at radius 3 is 1.71 bits per heavy atom. The summed E-state index contributed by atoms with van der Waals surface area (Å²) in [5, 5.41) is 3.33. The second kappa shape index (κ2) is 16.7. The summed E-state index contributed by atoms with van der Waals surface area (Å²) in [7, 11) is 0. The molecule has 0 radical (unpaired) electrons. The van der Waals surface area contributed by atoms with E-state index in [1.807, 2.05) is 0 Å². The Hall–Kier alpha value is -1.38. The van der Waals surface area contributed by atoms with Gasteiger partial charge in [-0.05, 0) is 5.53 Å². The first-order valence-corrected chi connectivity index (χ1v) is 6.72. The summed E-state index contributed by atoms with van der Waals surface area (Å²) < 4.78 is 25.5. The van der Waals surface area contributed by atoms with E-state index in [1.54, 1.807) is 0 Å². The Morgan fingerprint density at radius 1 is 0.857 bits per heavy atom. The van der Waals surface area contributed by atoms with Crippen molar-refractivity contribution in [3.63, 3.8) is 0 Å². The molecule has 0 rings (SSSR count). The number of hydrogen-bond donors (Lipinski definition) is 0. The third kappa shape index (κ3) is 18.6. The van der Waals surface area contributed by atoms with Crippen molar-refractivity contribution in [1.82, 2.24) is 0 Å². The number of ether oxygens (including phenoxy) is 5. The summed E-state index contributed by atoms with van der Waals surface area (Å²) in [6, 6.07) is 0. The average molecular weight is 305 g/mol. The first-order valence-electron chi connectivity index (χ1n) is 6.72. The molecule has 0 aliphatic rings. The lowest BCUT2D eigenvalue weighted by Crippen LogP contribution is -2.14. The maximum atomic E-state index is 10.4. The molecule has 0 bridgehead atoms. The molecule has 0 saturated heterocycles. The monoisotopic (exact) mass is 305 g/mol. The van der Waals surface area contributed by atoms with Gasteiger partial charge >= 0.3 is 5.97 Å². The van der Waals surface area contributed by atoms with Crippen LogP contribution in [0.2, 0.25) is 0 Å². The third-order valence-corrected chi connectivity index (χ3v) is 2.05. The average Bonchev–Trinajstić information content (AvgIpc) is 2.46. The zero-order valence-corrected chi connectivity index (χ0v) is 12.4. The van der Waals surface area contributed by atoms with Crippen LogP contribution in [0.5, 0.6) is 0 Å². The van der Waals surface area contributed by atoms with Crippen LogP contribution in [0.3, 0.4) is 0 Å². The zero-order chi connectivity index (χ0) is 15.6. The Balaban J connectivity index is 2.99. The van der Waals surface area contributed by atoms with E-state index >= 15 is 0 Å². The first-order chi connectivity index (χ1) is 10.3. The predicted octanol–water partition coefficient (Wildman–Crippen LogP) is 0.926. The van der Waals surface area contributed by atoms with Gasteiger partial charge in [0.05, 0.1) is 52.9 Å². The van der Waals surface area contributed by atoms with E-state index in [2.05, 4.69) is 10.0 Å². The number of esters is 1. The van der Waals surface area contributed by atoms with E-state index in [0.29, 0.717) is 59.4 Å². The molecular weight excluding hydrogens is 282 g/mol. The lowest BCUT2D eigenvalue weighted by Gasteiger charge is -2.07. The van der Waals surface area contributed by atoms with Crippen LogP contribution in [0.15, 0.2) is 5.11 Å². The quantitative estimate of drug-likeness (QED) is 0.146. The maximum absolute atomic E-state index is 10.4. The number of carbonyl (C=O) groups excluding carboxylic acids is 1. The third-order valence-electron chi connectivity index (χ3n) is 2.05. The van der Waals surface area contributed by atoms with Crippen molar-refractivity contribution >= 4 is 5.97 Å². The number of nitrogens with zero attached hydrogens (tertiary/aromatic N) is 3. The van der Waals surface area contributed by atoms with Crippen LogP contribution in [-0.4, -0.2) is 72.0 Å². The SMILES string of the molecule is CC(=O)OCCOCCOCCOCCOCCN=[N+]=[N-]. The van der Waals surface area contributed by atoms with Gasteiger partial charge in [0.2, 0.25) is 0 Å². The molecule has 0 saturated carbocycles. The topological polar surface area (TPSA) is 112 Å². The molecule has 0 aromatic carbocycles. The number of hydrogen-bond acceptors (Lipinski definition) is 7. The minimum atomic E-state index is -0.311. The van der Waals surface area contributed by atoms with E-state index in [9.17, 15) is 4.79 Å². The number of carbonyl (C=O) groups is 1. The van der Waals surface area contributed by atoms with E-state index in [-0.39, 0.29) is 12.6 Å². The molecule has 0 heterocycles. The molecule has 122 valence electrons. The molecule has 21 heavy (non-hydrogen) atoms. The van der Waals surface area contributed by atoms with Gasteiger partial charge in [-0.3, -0.25) is 4.79 Å². The molecule has 0 N–H and O–H groups in total. The minimum absolute atomic E-state index is 0.262. The Morgan fingerprint density at radius 2 is 1.29 bits per heavy atom. The molecule has 0 aromatic rings. The summed E-state index contributed by atoms with van der Waals surface area (Å²) in [5.74, 6) is -0.311. The van der Waals surface area contributed by atoms with Gasteiger partial charge in [0.1, 0.15) is 6.61 Å². The van der Waals surface area contributed by atoms with Gasteiger partial charge in [0.15, 0.2) is 0 Å². The summed E-state index contributed by atoms with van der Waals surface area (Å²) in [6.45, 7) is 5.51. The second-order valence-electron chi connectivity index (χ2n) is 3.74. The lowest BCUT2D eigenvalue weighted by atomic mass is 10.6. The van der Waals surface area contributed by atoms with Crippen LogP contribution >= 0.6 is 0 Å². The number of azide groups is 1. The van der Waals surface area contributed by atoms with Crippen LogP contribution in [0.25, 0.3) is 10.4 Å². The first kappa shape index (κ1) is 19.6. The Labute approximate surface area is 124 Å². The molecule has 0 amide bonds. The Kier molecular flexibility index (Phi) is 15.6. The van der Waals surface area contributed by atoms with E-state index < -0.39 is 0 Å². The molecule has 0 aliphatic carbocycles. The van der Waals surface area contributed by atoms with Crippen LogP contribution in [0.1, 0.15) is 6.92 Å². The number of rotatable bonds is 15. The molecule has 0 fully saturated rings. The summed E-state index contributed by atoms with van der Waals surface area (Å²) in [6.07, 6.45) is 0. The fourth-order valence-electron chi connectivity index (χ4n) is 1.16. The smallest absolute Gasteiger partial charge is 0.302 e. The molecule has 0 atom stereocenters. The highest BCUT2D eigenvalue weighted by Gasteiger charge is 1.94. The summed E-state index contributed by atoms with van der Waals surface area (Å²) in [4.78, 5) is 13.1. The van der Waals surface area contributed by atoms with Gasteiger partial charge in [-0.2, -0.15) is 0 Å². The van der Waals surface area contributed by atoms with Crippen molar-refractivity contribution < 1.29 is 28.5 Å². The molecule has 0 aromatic heterocycles. The van der Waals surface area contributed by atoms with Crippen molar-refractivity contribution in [2.75, 3.05) is 66.0 Å². The van der Waals surface area contributed by atoms with Gasteiger partial charge in [-0.15, -0.1) is 0 Å². The summed E-state index contributed by atoms with van der Waals surface area (Å²) in [5.41, 5.74) is 8.03. The van der Waals surface area contributed by atoms with E-state index in [4.69, 9.17) is 29.2 Å². The van der Waals surface area contributed by atoms with E-state index in [1.165, 1.54) is 6.92 Å². The standard InChI is InChI=1S/C12H23N3O6/c1-12(16)21-11-10-20-9-8-19-7-6-18-5-4-17-3-2-14-15-13/h2-11H2,1H3. The highest BCUT2D eigenvalue weighted by atomic mass is 16.6. The highest BCUT2D eigenvalue weighted by Crippen LogP contribution is 1.84. The fourth-order valence-corrected chi connectivity index (χ4v) is 1.16. The van der Waals surface area contributed by atoms with Gasteiger partial charge in [-0.1, -0.05) is 5.11 Å². The molecule has 9 heteroatoms.